The lowest BCUT2D eigenvalue weighted by atomic mass is 10.1. The highest BCUT2D eigenvalue weighted by Crippen LogP contribution is 2.28. The Morgan fingerprint density at radius 1 is 1.47 bits per heavy atom. The van der Waals surface area contributed by atoms with E-state index in [0.29, 0.717) is 0 Å². The number of rotatable bonds is 2. The van der Waals surface area contributed by atoms with Crippen LogP contribution in [0.15, 0.2) is 12.4 Å². The van der Waals surface area contributed by atoms with E-state index < -0.39 is 23.0 Å². The van der Waals surface area contributed by atoms with E-state index in [9.17, 15) is 13.6 Å². The maximum absolute atomic E-state index is 13.0. The van der Waals surface area contributed by atoms with Gasteiger partial charge >= 0.3 is 11.9 Å². The van der Waals surface area contributed by atoms with Gasteiger partial charge in [-0.05, 0) is 20.8 Å². The van der Waals surface area contributed by atoms with Gasteiger partial charge in [0.1, 0.15) is 0 Å². The van der Waals surface area contributed by atoms with Crippen molar-refractivity contribution in [2.75, 3.05) is 0 Å². The molecule has 4 nitrogen and oxygen atoms in total. The molecule has 1 N–H and O–H groups in total. The third-order valence-electron chi connectivity index (χ3n) is 1.90. The van der Waals surface area contributed by atoms with Crippen LogP contribution in [-0.2, 0) is 16.3 Å². The van der Waals surface area contributed by atoms with Gasteiger partial charge in [0, 0.05) is 6.20 Å². The summed E-state index contributed by atoms with van der Waals surface area (Å²) in [4.78, 5) is 10.3. The maximum atomic E-state index is 13.0. The van der Waals surface area contributed by atoms with E-state index >= 15 is 0 Å². The lowest BCUT2D eigenvalue weighted by molar-refractivity contribution is -0.166. The van der Waals surface area contributed by atoms with E-state index in [1.54, 1.807) is 20.8 Å². The van der Waals surface area contributed by atoms with E-state index in [1.807, 2.05) is 0 Å². The molecule has 15 heavy (non-hydrogen) atoms. The van der Waals surface area contributed by atoms with Gasteiger partial charge in [-0.1, -0.05) is 0 Å². The van der Waals surface area contributed by atoms with Crippen LogP contribution in [0.2, 0.25) is 0 Å². The SMILES string of the molecule is CC(C)(C)n1cc(C(F)(F)C(=O)O)cn1. The van der Waals surface area contributed by atoms with Gasteiger partial charge in [0.05, 0.1) is 17.3 Å². The minimum absolute atomic E-state index is 0.452. The fraction of sp³-hybridized carbons (Fsp3) is 0.556. The second-order valence-electron chi connectivity index (χ2n) is 4.22. The summed E-state index contributed by atoms with van der Waals surface area (Å²) in [7, 11) is 0. The predicted octanol–water partition coefficient (Wildman–Crippen LogP) is 1.81. The molecule has 0 spiro atoms. The number of hydrogen-bond donors (Lipinski definition) is 1. The molecule has 1 aromatic heterocycles. The highest BCUT2D eigenvalue weighted by Gasteiger charge is 2.42. The smallest absolute Gasteiger partial charge is 0.379 e. The number of carbonyl (C=O) groups is 1. The minimum atomic E-state index is -3.89. The second kappa shape index (κ2) is 3.29. The fourth-order valence-electron chi connectivity index (χ4n) is 0.975. The molecule has 0 amide bonds. The Hall–Kier alpha value is -1.46. The van der Waals surface area contributed by atoms with Crippen LogP contribution in [0.3, 0.4) is 0 Å². The molecule has 0 unspecified atom stereocenters. The average Bonchev–Trinajstić information content (AvgIpc) is 2.50. The van der Waals surface area contributed by atoms with Crippen LogP contribution in [0.5, 0.6) is 0 Å². The van der Waals surface area contributed by atoms with Crippen LogP contribution in [0, 0.1) is 0 Å². The van der Waals surface area contributed by atoms with Crippen LogP contribution in [-0.4, -0.2) is 20.9 Å². The minimum Gasteiger partial charge on any atom is -0.477 e. The van der Waals surface area contributed by atoms with Gasteiger partial charge in [-0.3, -0.25) is 4.68 Å². The number of hydrogen-bond acceptors (Lipinski definition) is 2. The number of aliphatic carboxylic acids is 1. The van der Waals surface area contributed by atoms with E-state index in [4.69, 9.17) is 5.11 Å². The van der Waals surface area contributed by atoms with E-state index in [1.165, 1.54) is 4.68 Å². The third kappa shape index (κ3) is 2.14. The molecule has 1 heterocycles. The van der Waals surface area contributed by atoms with Crippen molar-refractivity contribution in [3.8, 4) is 0 Å². The normalized spacial score (nSPS) is 12.9. The van der Waals surface area contributed by atoms with E-state index in [-0.39, 0.29) is 0 Å². The first-order valence-corrected chi connectivity index (χ1v) is 4.32. The molecule has 0 aromatic carbocycles. The summed E-state index contributed by atoms with van der Waals surface area (Å²) in [6.45, 7) is 5.34. The van der Waals surface area contributed by atoms with Crippen LogP contribution < -0.4 is 0 Å². The zero-order valence-electron chi connectivity index (χ0n) is 8.66. The predicted molar refractivity (Wildman–Crippen MR) is 48.8 cm³/mol. The van der Waals surface area contributed by atoms with Crippen molar-refractivity contribution in [3.63, 3.8) is 0 Å². The van der Waals surface area contributed by atoms with E-state index in [0.717, 1.165) is 12.4 Å². The zero-order valence-corrected chi connectivity index (χ0v) is 8.66. The molecule has 0 fully saturated rings. The zero-order chi connectivity index (χ0) is 11.9. The Kier molecular flexibility index (Phi) is 2.54. The van der Waals surface area contributed by atoms with Gasteiger partial charge in [0.15, 0.2) is 0 Å². The number of nitrogens with zero attached hydrogens (tertiary/aromatic N) is 2. The van der Waals surface area contributed by atoms with Crippen molar-refractivity contribution in [2.24, 2.45) is 0 Å². The van der Waals surface area contributed by atoms with Crippen LogP contribution in [0.4, 0.5) is 8.78 Å². The molecule has 1 rings (SSSR count). The molecule has 0 aliphatic carbocycles. The van der Waals surface area contributed by atoms with Crippen molar-refractivity contribution in [2.45, 2.75) is 32.2 Å². The number of alkyl halides is 2. The van der Waals surface area contributed by atoms with Gasteiger partial charge in [0.2, 0.25) is 0 Å². The van der Waals surface area contributed by atoms with Crippen molar-refractivity contribution in [3.05, 3.63) is 18.0 Å². The number of aromatic nitrogens is 2. The van der Waals surface area contributed by atoms with Crippen molar-refractivity contribution < 1.29 is 18.7 Å². The number of halogens is 2. The van der Waals surface area contributed by atoms with Crippen LogP contribution in [0.1, 0.15) is 26.3 Å². The Bertz CT molecular complexity index is 380. The van der Waals surface area contributed by atoms with Gasteiger partial charge in [0.25, 0.3) is 0 Å². The summed E-state index contributed by atoms with van der Waals surface area (Å²) in [6, 6.07) is 0. The van der Waals surface area contributed by atoms with Crippen molar-refractivity contribution in [1.82, 2.24) is 9.78 Å². The van der Waals surface area contributed by atoms with Gasteiger partial charge < -0.3 is 5.11 Å². The Morgan fingerprint density at radius 2 is 2.00 bits per heavy atom. The van der Waals surface area contributed by atoms with Gasteiger partial charge in [-0.15, -0.1) is 0 Å². The molecule has 0 saturated heterocycles. The summed E-state index contributed by atoms with van der Waals surface area (Å²) in [6.07, 6.45) is 1.92. The molecule has 0 radical (unpaired) electrons. The topological polar surface area (TPSA) is 55.1 Å². The number of carboxylic acids is 1. The molecule has 6 heteroatoms. The maximum Gasteiger partial charge on any atom is 0.379 e. The molecular weight excluding hydrogens is 206 g/mol. The first-order chi connectivity index (χ1) is 6.65. The Labute approximate surface area is 85.5 Å². The summed E-state index contributed by atoms with van der Waals surface area (Å²) in [5.74, 6) is -6.06. The van der Waals surface area contributed by atoms with Crippen molar-refractivity contribution in [1.29, 1.82) is 0 Å². The molecule has 0 bridgehead atoms. The second-order valence-corrected chi connectivity index (χ2v) is 4.22. The largest absolute Gasteiger partial charge is 0.477 e. The van der Waals surface area contributed by atoms with Crippen LogP contribution >= 0.6 is 0 Å². The highest BCUT2D eigenvalue weighted by molar-refractivity contribution is 5.76. The van der Waals surface area contributed by atoms with Gasteiger partial charge in [-0.25, -0.2) is 4.79 Å². The monoisotopic (exact) mass is 218 g/mol. The Balaban J connectivity index is 3.10. The standard InChI is InChI=1S/C9H12F2N2O2/c1-8(2,3)13-5-6(4-12-13)9(10,11)7(14)15/h4-5H,1-3H3,(H,14,15). The fourth-order valence-corrected chi connectivity index (χ4v) is 0.975. The molecule has 0 saturated carbocycles. The quantitative estimate of drug-likeness (QED) is 0.823. The molecular formula is C9H12F2N2O2. The van der Waals surface area contributed by atoms with Crippen molar-refractivity contribution >= 4 is 5.97 Å². The molecule has 0 aliphatic heterocycles. The third-order valence-corrected chi connectivity index (χ3v) is 1.90. The molecule has 84 valence electrons. The molecule has 1 aromatic rings. The highest BCUT2D eigenvalue weighted by atomic mass is 19.3. The van der Waals surface area contributed by atoms with E-state index in [2.05, 4.69) is 5.10 Å². The Morgan fingerprint density at radius 3 is 2.33 bits per heavy atom. The summed E-state index contributed by atoms with van der Waals surface area (Å²) in [5, 5.41) is 12.0. The lowest BCUT2D eigenvalue weighted by Crippen LogP contribution is -2.25. The summed E-state index contributed by atoms with van der Waals surface area (Å²) in [5.41, 5.74) is -1.06. The molecule has 0 atom stereocenters. The number of carboxylic acid groups (broad SMARTS) is 1. The van der Waals surface area contributed by atoms with Crippen LogP contribution in [0.25, 0.3) is 0 Å². The van der Waals surface area contributed by atoms with Gasteiger partial charge in [-0.2, -0.15) is 13.9 Å². The summed E-state index contributed by atoms with van der Waals surface area (Å²) >= 11 is 0. The summed E-state index contributed by atoms with van der Waals surface area (Å²) < 4.78 is 27.4. The first-order valence-electron chi connectivity index (χ1n) is 4.32. The average molecular weight is 218 g/mol. The lowest BCUT2D eigenvalue weighted by Gasteiger charge is -2.18. The molecule has 0 aliphatic rings. The first kappa shape index (κ1) is 11.6.